The SMILES string of the molecule is CCNC(=NCc1cccc(OC(F)F)c1)NC1CCN(c2ncccc2F)C1. The van der Waals surface area contributed by atoms with E-state index in [0.717, 1.165) is 12.0 Å². The van der Waals surface area contributed by atoms with E-state index in [-0.39, 0.29) is 17.6 Å². The van der Waals surface area contributed by atoms with E-state index in [1.807, 2.05) is 11.8 Å². The van der Waals surface area contributed by atoms with Gasteiger partial charge in [-0.1, -0.05) is 12.1 Å². The molecule has 9 heteroatoms. The Morgan fingerprint density at radius 3 is 2.97 bits per heavy atom. The van der Waals surface area contributed by atoms with Crippen molar-refractivity contribution in [3.8, 4) is 5.75 Å². The molecule has 3 rings (SSSR count). The third-order valence-electron chi connectivity index (χ3n) is 4.46. The van der Waals surface area contributed by atoms with Crippen LogP contribution in [0.3, 0.4) is 0 Å². The van der Waals surface area contributed by atoms with E-state index in [9.17, 15) is 13.2 Å². The molecule has 0 bridgehead atoms. The Balaban J connectivity index is 1.61. The number of pyridine rings is 1. The molecule has 1 fully saturated rings. The summed E-state index contributed by atoms with van der Waals surface area (Å²) < 4.78 is 43.1. The highest BCUT2D eigenvalue weighted by molar-refractivity contribution is 5.80. The molecule has 0 spiro atoms. The zero-order chi connectivity index (χ0) is 20.6. The standard InChI is InChI=1S/C20H24F3N5O/c1-2-24-20(26-12-14-5-3-6-16(11-14)29-19(22)23)27-15-8-10-28(13-15)18-17(21)7-4-9-25-18/h3-7,9,11,15,19H,2,8,10,12-13H2,1H3,(H2,24,26,27). The second-order valence-electron chi connectivity index (χ2n) is 6.61. The monoisotopic (exact) mass is 407 g/mol. The summed E-state index contributed by atoms with van der Waals surface area (Å²) in [5.74, 6) is 0.740. The molecule has 0 saturated carbocycles. The average molecular weight is 407 g/mol. The van der Waals surface area contributed by atoms with Gasteiger partial charge in [0.1, 0.15) is 5.75 Å². The smallest absolute Gasteiger partial charge is 0.387 e. The van der Waals surface area contributed by atoms with Crippen molar-refractivity contribution in [1.29, 1.82) is 0 Å². The van der Waals surface area contributed by atoms with Crippen LogP contribution in [0.1, 0.15) is 18.9 Å². The van der Waals surface area contributed by atoms with Gasteiger partial charge in [-0.05, 0) is 43.2 Å². The summed E-state index contributed by atoms with van der Waals surface area (Å²) in [6.45, 7) is 1.38. The van der Waals surface area contributed by atoms with Crippen LogP contribution >= 0.6 is 0 Å². The van der Waals surface area contributed by atoms with Gasteiger partial charge in [0.2, 0.25) is 0 Å². The van der Waals surface area contributed by atoms with Crippen LogP contribution in [-0.2, 0) is 6.54 Å². The Kier molecular flexibility index (Phi) is 7.15. The first-order valence-corrected chi connectivity index (χ1v) is 9.49. The van der Waals surface area contributed by atoms with Crippen molar-refractivity contribution < 1.29 is 17.9 Å². The molecule has 0 aliphatic carbocycles. The number of anilines is 1. The maximum absolute atomic E-state index is 14.0. The fraction of sp³-hybridized carbons (Fsp3) is 0.400. The number of hydrogen-bond donors (Lipinski definition) is 2. The molecule has 1 aliphatic rings. The van der Waals surface area contributed by atoms with Gasteiger partial charge in [-0.15, -0.1) is 0 Å². The summed E-state index contributed by atoms with van der Waals surface area (Å²) in [4.78, 5) is 10.6. The number of aliphatic imine (C=N–C) groups is 1. The molecule has 6 nitrogen and oxygen atoms in total. The van der Waals surface area contributed by atoms with E-state index in [2.05, 4.69) is 25.3 Å². The summed E-state index contributed by atoms with van der Waals surface area (Å²) in [7, 11) is 0. The topological polar surface area (TPSA) is 61.8 Å². The number of hydrogen-bond acceptors (Lipinski definition) is 4. The summed E-state index contributed by atoms with van der Waals surface area (Å²) in [6.07, 6.45) is 2.40. The summed E-state index contributed by atoms with van der Waals surface area (Å²) in [6, 6.07) is 9.53. The van der Waals surface area contributed by atoms with Crippen LogP contribution in [0.4, 0.5) is 19.0 Å². The lowest BCUT2D eigenvalue weighted by atomic mass is 10.2. The number of ether oxygens (including phenoxy) is 1. The van der Waals surface area contributed by atoms with Gasteiger partial charge < -0.3 is 20.3 Å². The Bertz CT molecular complexity index is 833. The number of alkyl halides is 2. The maximum Gasteiger partial charge on any atom is 0.387 e. The van der Waals surface area contributed by atoms with Crippen molar-refractivity contribution in [3.05, 3.63) is 54.0 Å². The summed E-state index contributed by atoms with van der Waals surface area (Å²) in [5, 5.41) is 6.52. The lowest BCUT2D eigenvalue weighted by molar-refractivity contribution is -0.0498. The van der Waals surface area contributed by atoms with Crippen LogP contribution in [0.25, 0.3) is 0 Å². The van der Waals surface area contributed by atoms with Crippen LogP contribution < -0.4 is 20.3 Å². The van der Waals surface area contributed by atoms with E-state index >= 15 is 0 Å². The van der Waals surface area contributed by atoms with Gasteiger partial charge in [-0.25, -0.2) is 14.4 Å². The molecule has 1 saturated heterocycles. The molecule has 156 valence electrons. The zero-order valence-electron chi connectivity index (χ0n) is 16.1. The highest BCUT2D eigenvalue weighted by Gasteiger charge is 2.25. The minimum absolute atomic E-state index is 0.0858. The van der Waals surface area contributed by atoms with Gasteiger partial charge in [0.05, 0.1) is 6.54 Å². The second-order valence-corrected chi connectivity index (χ2v) is 6.61. The predicted molar refractivity (Wildman–Crippen MR) is 106 cm³/mol. The number of rotatable bonds is 7. The lowest BCUT2D eigenvalue weighted by Crippen LogP contribution is -2.44. The molecule has 2 aromatic rings. The van der Waals surface area contributed by atoms with Gasteiger partial charge in [0.15, 0.2) is 17.6 Å². The molecular weight excluding hydrogens is 383 g/mol. The van der Waals surface area contributed by atoms with Crippen molar-refractivity contribution in [1.82, 2.24) is 15.6 Å². The quantitative estimate of drug-likeness (QED) is 0.545. The Labute approximate surface area is 167 Å². The van der Waals surface area contributed by atoms with Crippen molar-refractivity contribution in [2.24, 2.45) is 4.99 Å². The molecule has 29 heavy (non-hydrogen) atoms. The minimum atomic E-state index is -2.86. The Morgan fingerprint density at radius 1 is 1.34 bits per heavy atom. The van der Waals surface area contributed by atoms with Crippen molar-refractivity contribution >= 4 is 11.8 Å². The van der Waals surface area contributed by atoms with Gasteiger partial charge in [-0.3, -0.25) is 0 Å². The van der Waals surface area contributed by atoms with E-state index in [1.54, 1.807) is 30.5 Å². The van der Waals surface area contributed by atoms with Crippen molar-refractivity contribution in [2.45, 2.75) is 32.5 Å². The summed E-state index contributed by atoms with van der Waals surface area (Å²) >= 11 is 0. The van der Waals surface area contributed by atoms with Crippen LogP contribution in [0.2, 0.25) is 0 Å². The molecular formula is C20H24F3N5O. The van der Waals surface area contributed by atoms with Gasteiger partial charge in [-0.2, -0.15) is 8.78 Å². The highest BCUT2D eigenvalue weighted by atomic mass is 19.3. The molecule has 1 aliphatic heterocycles. The fourth-order valence-corrected chi connectivity index (χ4v) is 3.18. The summed E-state index contributed by atoms with van der Waals surface area (Å²) in [5.41, 5.74) is 0.754. The molecule has 2 N–H and O–H groups in total. The van der Waals surface area contributed by atoms with Gasteiger partial charge in [0, 0.05) is 31.9 Å². The third kappa shape index (κ3) is 6.00. The first-order valence-electron chi connectivity index (χ1n) is 9.49. The number of nitrogens with zero attached hydrogens (tertiary/aromatic N) is 3. The van der Waals surface area contributed by atoms with Crippen molar-refractivity contribution in [3.63, 3.8) is 0 Å². The molecule has 1 unspecified atom stereocenters. The molecule has 1 atom stereocenters. The lowest BCUT2D eigenvalue weighted by Gasteiger charge is -2.20. The molecule has 0 radical (unpaired) electrons. The first kappa shape index (κ1) is 20.8. The number of aromatic nitrogens is 1. The average Bonchev–Trinajstić information content (AvgIpc) is 3.15. The van der Waals surface area contributed by atoms with Gasteiger partial charge >= 0.3 is 6.61 Å². The Hall–Kier alpha value is -2.97. The fourth-order valence-electron chi connectivity index (χ4n) is 3.18. The third-order valence-corrected chi connectivity index (χ3v) is 4.46. The predicted octanol–water partition coefficient (Wildman–Crippen LogP) is 3.16. The normalized spacial score (nSPS) is 16.9. The van der Waals surface area contributed by atoms with E-state index < -0.39 is 6.61 Å². The Morgan fingerprint density at radius 2 is 2.21 bits per heavy atom. The van der Waals surface area contributed by atoms with E-state index in [0.29, 0.717) is 38.0 Å². The first-order chi connectivity index (χ1) is 14.0. The van der Waals surface area contributed by atoms with E-state index in [1.165, 1.54) is 12.1 Å². The highest BCUT2D eigenvalue weighted by Crippen LogP contribution is 2.21. The van der Waals surface area contributed by atoms with E-state index in [4.69, 9.17) is 0 Å². The van der Waals surface area contributed by atoms with Crippen molar-refractivity contribution in [2.75, 3.05) is 24.5 Å². The van der Waals surface area contributed by atoms with Crippen LogP contribution in [-0.4, -0.2) is 43.2 Å². The number of guanidine groups is 1. The largest absolute Gasteiger partial charge is 0.435 e. The van der Waals surface area contributed by atoms with Crippen LogP contribution in [0, 0.1) is 5.82 Å². The zero-order valence-corrected chi connectivity index (χ0v) is 16.1. The minimum Gasteiger partial charge on any atom is -0.435 e. The van der Waals surface area contributed by atoms with Crippen LogP contribution in [0.5, 0.6) is 5.75 Å². The molecule has 0 amide bonds. The molecule has 1 aromatic carbocycles. The number of benzene rings is 1. The second kappa shape index (κ2) is 9.99. The number of nitrogens with one attached hydrogen (secondary N) is 2. The number of halogens is 3. The van der Waals surface area contributed by atoms with Crippen LogP contribution in [0.15, 0.2) is 47.6 Å². The maximum atomic E-state index is 14.0. The molecule has 2 heterocycles. The molecule has 1 aromatic heterocycles. The van der Waals surface area contributed by atoms with Gasteiger partial charge in [0.25, 0.3) is 0 Å².